The van der Waals surface area contributed by atoms with Gasteiger partial charge >= 0.3 is 0 Å². The monoisotopic (exact) mass is 328 g/mol. The van der Waals surface area contributed by atoms with E-state index in [1.807, 2.05) is 6.92 Å². The fraction of sp³-hybridized carbons (Fsp3) is 0.353. The van der Waals surface area contributed by atoms with Crippen molar-refractivity contribution in [2.24, 2.45) is 0 Å². The summed E-state index contributed by atoms with van der Waals surface area (Å²) in [7, 11) is 0. The van der Waals surface area contributed by atoms with Crippen LogP contribution in [-0.2, 0) is 13.1 Å². The van der Waals surface area contributed by atoms with Crippen LogP contribution in [0.2, 0.25) is 0 Å². The maximum absolute atomic E-state index is 12.1. The van der Waals surface area contributed by atoms with Gasteiger partial charge in [0.25, 0.3) is 5.56 Å². The smallest absolute Gasteiger partial charge is 0.275 e. The van der Waals surface area contributed by atoms with E-state index >= 15 is 0 Å². The highest BCUT2D eigenvalue weighted by molar-refractivity contribution is 7.16. The molecule has 0 radical (unpaired) electrons. The van der Waals surface area contributed by atoms with E-state index in [4.69, 9.17) is 0 Å². The molecule has 6 heteroatoms. The van der Waals surface area contributed by atoms with Crippen molar-refractivity contribution < 1.29 is 0 Å². The van der Waals surface area contributed by atoms with Gasteiger partial charge in [0.05, 0.1) is 5.69 Å². The molecule has 2 aromatic heterocycles. The number of rotatable bonds is 5. The van der Waals surface area contributed by atoms with Crippen molar-refractivity contribution in [1.82, 2.24) is 19.5 Å². The van der Waals surface area contributed by atoms with Crippen LogP contribution < -0.4 is 5.56 Å². The molecule has 3 rings (SSSR count). The zero-order valence-corrected chi connectivity index (χ0v) is 14.4. The molecule has 0 spiro atoms. The normalized spacial score (nSPS) is 11.5. The predicted octanol–water partition coefficient (Wildman–Crippen LogP) is 2.79. The molecule has 0 atom stereocenters. The second-order valence-corrected chi connectivity index (χ2v) is 6.85. The minimum atomic E-state index is -0.110. The van der Waals surface area contributed by atoms with Crippen LogP contribution in [0.25, 0.3) is 4.96 Å². The Bertz CT molecular complexity index is 866. The van der Waals surface area contributed by atoms with E-state index in [0.29, 0.717) is 11.5 Å². The Hall–Kier alpha value is -2.05. The van der Waals surface area contributed by atoms with Crippen LogP contribution >= 0.6 is 11.3 Å². The number of hydrogen-bond acceptors (Lipinski definition) is 5. The Morgan fingerprint density at radius 3 is 2.61 bits per heavy atom. The van der Waals surface area contributed by atoms with E-state index in [1.165, 1.54) is 27.0 Å². The molecule has 0 saturated carbocycles. The first-order chi connectivity index (χ1) is 11.0. The highest BCUT2D eigenvalue weighted by Gasteiger charge is 2.10. The van der Waals surface area contributed by atoms with E-state index in [2.05, 4.69) is 53.1 Å². The Kier molecular flexibility index (Phi) is 4.54. The lowest BCUT2D eigenvalue weighted by Crippen LogP contribution is -2.25. The van der Waals surface area contributed by atoms with Crippen molar-refractivity contribution in [2.45, 2.75) is 33.9 Å². The van der Waals surface area contributed by atoms with E-state index in [-0.39, 0.29) is 5.56 Å². The number of hydrogen-bond donors (Lipinski definition) is 0. The molecule has 2 heterocycles. The summed E-state index contributed by atoms with van der Waals surface area (Å²) < 4.78 is 1.37. The molecular formula is C17H20N4OS. The van der Waals surface area contributed by atoms with Gasteiger partial charge in [-0.1, -0.05) is 48.1 Å². The summed E-state index contributed by atoms with van der Waals surface area (Å²) in [6.07, 6.45) is 0. The molecule has 0 amide bonds. The van der Waals surface area contributed by atoms with Gasteiger partial charge in [-0.05, 0) is 26.0 Å². The summed E-state index contributed by atoms with van der Waals surface area (Å²) in [4.78, 5) is 19.6. The van der Waals surface area contributed by atoms with E-state index in [1.54, 1.807) is 6.07 Å². The molecular weight excluding hydrogens is 308 g/mol. The van der Waals surface area contributed by atoms with Gasteiger partial charge in [0.15, 0.2) is 0 Å². The lowest BCUT2D eigenvalue weighted by atomic mass is 10.1. The average Bonchev–Trinajstić information content (AvgIpc) is 2.90. The molecule has 3 aromatic rings. The second-order valence-electron chi connectivity index (χ2n) is 5.69. The third kappa shape index (κ3) is 3.65. The maximum atomic E-state index is 12.1. The number of aryl methyl sites for hydroxylation is 2. The number of nitrogens with zero attached hydrogens (tertiary/aromatic N) is 4. The van der Waals surface area contributed by atoms with Crippen LogP contribution in [0.15, 0.2) is 35.1 Å². The summed E-state index contributed by atoms with van der Waals surface area (Å²) in [6.45, 7) is 8.50. The van der Waals surface area contributed by atoms with Gasteiger partial charge in [-0.25, -0.2) is 4.98 Å². The fourth-order valence-electron chi connectivity index (χ4n) is 2.49. The van der Waals surface area contributed by atoms with Gasteiger partial charge in [-0.15, -0.1) is 0 Å². The zero-order chi connectivity index (χ0) is 16.4. The van der Waals surface area contributed by atoms with Crippen molar-refractivity contribution >= 4 is 16.3 Å². The standard InChI is InChI=1S/C17H20N4OS/c1-4-20(10-14-7-5-12(2)6-8-14)11-15-9-16(22)21-17(18-15)23-13(3)19-21/h5-9H,4,10-11H2,1-3H3. The molecule has 0 bridgehead atoms. The lowest BCUT2D eigenvalue weighted by molar-refractivity contribution is 0.268. The predicted molar refractivity (Wildman–Crippen MR) is 92.8 cm³/mol. The van der Waals surface area contributed by atoms with E-state index in [0.717, 1.165) is 23.8 Å². The van der Waals surface area contributed by atoms with Gasteiger partial charge in [-0.3, -0.25) is 9.69 Å². The number of fused-ring (bicyclic) bond motifs is 1. The zero-order valence-electron chi connectivity index (χ0n) is 13.6. The first kappa shape index (κ1) is 15.8. The van der Waals surface area contributed by atoms with Gasteiger partial charge in [0.1, 0.15) is 5.01 Å². The SMILES string of the molecule is CCN(Cc1ccc(C)cc1)Cc1cc(=O)n2nc(C)sc2n1. The van der Waals surface area contributed by atoms with Gasteiger partial charge in [0, 0.05) is 19.2 Å². The molecule has 0 fully saturated rings. The average molecular weight is 328 g/mol. The molecule has 0 aliphatic heterocycles. The van der Waals surface area contributed by atoms with Gasteiger partial charge < -0.3 is 0 Å². The first-order valence-corrected chi connectivity index (χ1v) is 8.51. The van der Waals surface area contributed by atoms with E-state index < -0.39 is 0 Å². The molecule has 0 aliphatic rings. The number of aromatic nitrogens is 3. The summed E-state index contributed by atoms with van der Waals surface area (Å²) in [6, 6.07) is 10.1. The minimum Gasteiger partial charge on any atom is -0.294 e. The topological polar surface area (TPSA) is 50.5 Å². The highest BCUT2D eigenvalue weighted by Crippen LogP contribution is 2.12. The van der Waals surface area contributed by atoms with E-state index in [9.17, 15) is 4.79 Å². The summed E-state index contributed by atoms with van der Waals surface area (Å²) in [5, 5.41) is 5.02. The Balaban J connectivity index is 1.81. The molecule has 0 N–H and O–H groups in total. The summed E-state index contributed by atoms with van der Waals surface area (Å²) in [5.41, 5.74) is 3.22. The van der Waals surface area contributed by atoms with Crippen LogP contribution in [-0.4, -0.2) is 26.0 Å². The summed E-state index contributed by atoms with van der Waals surface area (Å²) in [5.74, 6) is 0. The maximum Gasteiger partial charge on any atom is 0.275 e. The quantitative estimate of drug-likeness (QED) is 0.723. The Morgan fingerprint density at radius 1 is 1.17 bits per heavy atom. The van der Waals surface area contributed by atoms with Gasteiger partial charge in [0.2, 0.25) is 4.96 Å². The first-order valence-electron chi connectivity index (χ1n) is 7.69. The van der Waals surface area contributed by atoms with Crippen molar-refractivity contribution in [1.29, 1.82) is 0 Å². The molecule has 0 aliphatic carbocycles. The molecule has 1 aromatic carbocycles. The van der Waals surface area contributed by atoms with Crippen LogP contribution in [0.5, 0.6) is 0 Å². The molecule has 0 unspecified atom stereocenters. The van der Waals surface area contributed by atoms with Crippen molar-refractivity contribution in [3.63, 3.8) is 0 Å². The highest BCUT2D eigenvalue weighted by atomic mass is 32.1. The fourth-order valence-corrected chi connectivity index (χ4v) is 3.26. The third-order valence-electron chi connectivity index (χ3n) is 3.76. The minimum absolute atomic E-state index is 0.110. The molecule has 5 nitrogen and oxygen atoms in total. The van der Waals surface area contributed by atoms with Crippen molar-refractivity contribution in [3.05, 3.63) is 62.5 Å². The Morgan fingerprint density at radius 2 is 1.91 bits per heavy atom. The van der Waals surface area contributed by atoms with Crippen LogP contribution in [0, 0.1) is 13.8 Å². The molecule has 0 saturated heterocycles. The largest absolute Gasteiger partial charge is 0.294 e. The molecule has 23 heavy (non-hydrogen) atoms. The number of benzene rings is 1. The molecule has 120 valence electrons. The summed E-state index contributed by atoms with van der Waals surface area (Å²) >= 11 is 1.44. The second kappa shape index (κ2) is 6.60. The van der Waals surface area contributed by atoms with Crippen molar-refractivity contribution in [2.75, 3.05) is 6.54 Å². The third-order valence-corrected chi connectivity index (χ3v) is 4.58. The van der Waals surface area contributed by atoms with Crippen molar-refractivity contribution in [3.8, 4) is 0 Å². The van der Waals surface area contributed by atoms with Gasteiger partial charge in [-0.2, -0.15) is 9.61 Å². The Labute approximate surface area is 139 Å². The van der Waals surface area contributed by atoms with Crippen LogP contribution in [0.1, 0.15) is 28.8 Å². The lowest BCUT2D eigenvalue weighted by Gasteiger charge is -2.20. The van der Waals surface area contributed by atoms with Crippen LogP contribution in [0.4, 0.5) is 0 Å². The van der Waals surface area contributed by atoms with Crippen LogP contribution in [0.3, 0.4) is 0 Å².